The summed E-state index contributed by atoms with van der Waals surface area (Å²) in [4.78, 5) is 15.0. The van der Waals surface area contributed by atoms with Crippen molar-refractivity contribution in [3.05, 3.63) is 51.8 Å². The summed E-state index contributed by atoms with van der Waals surface area (Å²) in [7, 11) is 0. The van der Waals surface area contributed by atoms with Gasteiger partial charge in [0, 0.05) is 22.8 Å². The van der Waals surface area contributed by atoms with E-state index in [1.165, 1.54) is 18.4 Å². The van der Waals surface area contributed by atoms with Crippen LogP contribution in [-0.4, -0.2) is 40.6 Å². The molecule has 0 radical (unpaired) electrons. The molecule has 1 aliphatic rings. The Morgan fingerprint density at radius 3 is 2.60 bits per heavy atom. The predicted molar refractivity (Wildman–Crippen MR) is 100 cm³/mol. The van der Waals surface area contributed by atoms with Crippen LogP contribution in [0.2, 0.25) is 5.02 Å². The van der Waals surface area contributed by atoms with Crippen molar-refractivity contribution in [2.24, 2.45) is 0 Å². The highest BCUT2D eigenvalue weighted by Crippen LogP contribution is 2.26. The summed E-state index contributed by atoms with van der Waals surface area (Å²) in [6.07, 6.45) is 3.25. The average molecular weight is 361 g/mol. The van der Waals surface area contributed by atoms with Crippen LogP contribution >= 0.6 is 11.6 Å². The SMILES string of the molecule is CCc1[nH]nc(C(=O)NCC(c2ccc(Cl)cc2)N2CCCC2)c1C. The number of carbonyl (C=O) groups is 1. The first-order chi connectivity index (χ1) is 12.1. The quantitative estimate of drug-likeness (QED) is 0.828. The number of hydrogen-bond acceptors (Lipinski definition) is 3. The van der Waals surface area contributed by atoms with E-state index in [1.807, 2.05) is 38.1 Å². The standard InChI is InChI=1S/C19H25ClN4O/c1-3-16-13(2)18(23-22-16)19(25)21-12-17(24-10-4-5-11-24)14-6-8-15(20)9-7-14/h6-9,17H,3-5,10-12H2,1-2H3,(H,21,25)(H,22,23). The number of H-pyrrole nitrogens is 1. The van der Waals surface area contributed by atoms with Crippen molar-refractivity contribution in [3.63, 3.8) is 0 Å². The zero-order valence-electron chi connectivity index (χ0n) is 14.8. The summed E-state index contributed by atoms with van der Waals surface area (Å²) in [6, 6.07) is 8.08. The van der Waals surface area contributed by atoms with Gasteiger partial charge in [-0.2, -0.15) is 5.10 Å². The fraction of sp³-hybridized carbons (Fsp3) is 0.474. The van der Waals surface area contributed by atoms with Crippen LogP contribution in [0.3, 0.4) is 0 Å². The molecule has 2 heterocycles. The van der Waals surface area contributed by atoms with Crippen LogP contribution in [0.5, 0.6) is 0 Å². The maximum absolute atomic E-state index is 12.6. The van der Waals surface area contributed by atoms with Crippen LogP contribution in [0.1, 0.15) is 53.1 Å². The Labute approximate surface area is 153 Å². The molecule has 3 rings (SSSR count). The van der Waals surface area contributed by atoms with Gasteiger partial charge in [-0.1, -0.05) is 30.7 Å². The van der Waals surface area contributed by atoms with Crippen molar-refractivity contribution in [1.82, 2.24) is 20.4 Å². The molecule has 0 aliphatic carbocycles. The van der Waals surface area contributed by atoms with E-state index in [0.29, 0.717) is 12.2 Å². The molecule has 2 aromatic rings. The van der Waals surface area contributed by atoms with Crippen LogP contribution in [0.15, 0.2) is 24.3 Å². The molecule has 25 heavy (non-hydrogen) atoms. The number of rotatable bonds is 6. The second-order valence-corrected chi connectivity index (χ2v) is 6.99. The third-order valence-electron chi connectivity index (χ3n) is 4.97. The second kappa shape index (κ2) is 8.02. The van der Waals surface area contributed by atoms with Gasteiger partial charge in [0.25, 0.3) is 5.91 Å². The number of nitrogens with one attached hydrogen (secondary N) is 2. The molecule has 1 aromatic carbocycles. The normalized spacial score (nSPS) is 16.1. The van der Waals surface area contributed by atoms with E-state index < -0.39 is 0 Å². The zero-order valence-corrected chi connectivity index (χ0v) is 15.6. The molecule has 2 N–H and O–H groups in total. The Kier molecular flexibility index (Phi) is 5.76. The number of hydrogen-bond donors (Lipinski definition) is 2. The van der Waals surface area contributed by atoms with Gasteiger partial charge in [-0.05, 0) is 57.0 Å². The maximum Gasteiger partial charge on any atom is 0.272 e. The van der Waals surface area contributed by atoms with Crippen molar-refractivity contribution in [2.75, 3.05) is 19.6 Å². The molecule has 5 nitrogen and oxygen atoms in total. The van der Waals surface area contributed by atoms with Gasteiger partial charge >= 0.3 is 0 Å². The zero-order chi connectivity index (χ0) is 17.8. The molecule has 0 spiro atoms. The molecule has 0 saturated carbocycles. The molecular formula is C19H25ClN4O. The van der Waals surface area contributed by atoms with Crippen LogP contribution in [0.4, 0.5) is 0 Å². The smallest absolute Gasteiger partial charge is 0.272 e. The maximum atomic E-state index is 12.6. The van der Waals surface area contributed by atoms with Gasteiger partial charge in [-0.15, -0.1) is 0 Å². The molecule has 1 saturated heterocycles. The highest BCUT2D eigenvalue weighted by Gasteiger charge is 2.25. The van der Waals surface area contributed by atoms with Crippen molar-refractivity contribution >= 4 is 17.5 Å². The fourth-order valence-corrected chi connectivity index (χ4v) is 3.59. The summed E-state index contributed by atoms with van der Waals surface area (Å²) >= 11 is 6.02. The number of aromatic nitrogens is 2. The summed E-state index contributed by atoms with van der Waals surface area (Å²) < 4.78 is 0. The first-order valence-corrected chi connectivity index (χ1v) is 9.29. The van der Waals surface area contributed by atoms with Gasteiger partial charge in [0.2, 0.25) is 0 Å². The Hall–Kier alpha value is -1.85. The van der Waals surface area contributed by atoms with E-state index in [0.717, 1.165) is 35.8 Å². The molecular weight excluding hydrogens is 336 g/mol. The van der Waals surface area contributed by atoms with Gasteiger partial charge in [-0.3, -0.25) is 14.8 Å². The molecule has 0 bridgehead atoms. The van der Waals surface area contributed by atoms with Gasteiger partial charge in [0.1, 0.15) is 0 Å². The molecule has 1 fully saturated rings. The highest BCUT2D eigenvalue weighted by atomic mass is 35.5. The summed E-state index contributed by atoms with van der Waals surface area (Å²) in [6.45, 7) is 6.67. The summed E-state index contributed by atoms with van der Waals surface area (Å²) in [5, 5.41) is 10.9. The Morgan fingerprint density at radius 1 is 1.32 bits per heavy atom. The minimum absolute atomic E-state index is 0.119. The minimum Gasteiger partial charge on any atom is -0.349 e. The minimum atomic E-state index is -0.119. The molecule has 6 heteroatoms. The monoisotopic (exact) mass is 360 g/mol. The number of amides is 1. The summed E-state index contributed by atoms with van der Waals surface area (Å²) in [5.41, 5.74) is 3.62. The van der Waals surface area contributed by atoms with Crippen LogP contribution in [0, 0.1) is 6.92 Å². The van der Waals surface area contributed by atoms with E-state index >= 15 is 0 Å². The first kappa shape index (κ1) is 18.0. The fourth-order valence-electron chi connectivity index (χ4n) is 3.47. The van der Waals surface area contributed by atoms with Crippen LogP contribution < -0.4 is 5.32 Å². The van der Waals surface area contributed by atoms with E-state index in [2.05, 4.69) is 20.4 Å². The van der Waals surface area contributed by atoms with Crippen molar-refractivity contribution in [1.29, 1.82) is 0 Å². The average Bonchev–Trinajstić information content (AvgIpc) is 3.26. The van der Waals surface area contributed by atoms with Gasteiger partial charge in [0.05, 0.1) is 6.04 Å². The Balaban J connectivity index is 1.72. The number of aromatic amines is 1. The number of likely N-dealkylation sites (tertiary alicyclic amines) is 1. The highest BCUT2D eigenvalue weighted by molar-refractivity contribution is 6.30. The molecule has 1 atom stereocenters. The largest absolute Gasteiger partial charge is 0.349 e. The molecule has 1 aliphatic heterocycles. The lowest BCUT2D eigenvalue weighted by molar-refractivity contribution is 0.0932. The lowest BCUT2D eigenvalue weighted by Crippen LogP contribution is -2.37. The van der Waals surface area contributed by atoms with Crippen LogP contribution in [0.25, 0.3) is 0 Å². The number of aryl methyl sites for hydroxylation is 1. The Morgan fingerprint density at radius 2 is 2.00 bits per heavy atom. The van der Waals surface area contributed by atoms with Gasteiger partial charge in [-0.25, -0.2) is 0 Å². The van der Waals surface area contributed by atoms with Crippen LogP contribution in [-0.2, 0) is 6.42 Å². The molecule has 1 unspecified atom stereocenters. The van der Waals surface area contributed by atoms with Crippen molar-refractivity contribution in [3.8, 4) is 0 Å². The molecule has 1 aromatic heterocycles. The number of benzene rings is 1. The second-order valence-electron chi connectivity index (χ2n) is 6.55. The Bertz CT molecular complexity index is 720. The third-order valence-corrected chi connectivity index (χ3v) is 5.22. The third kappa shape index (κ3) is 4.05. The number of carbonyl (C=O) groups excluding carboxylic acids is 1. The van der Waals surface area contributed by atoms with E-state index in [-0.39, 0.29) is 11.9 Å². The molecule has 1 amide bonds. The van der Waals surface area contributed by atoms with E-state index in [1.54, 1.807) is 0 Å². The number of nitrogens with zero attached hydrogens (tertiary/aromatic N) is 2. The predicted octanol–water partition coefficient (Wildman–Crippen LogP) is 3.50. The lowest BCUT2D eigenvalue weighted by Gasteiger charge is -2.28. The summed E-state index contributed by atoms with van der Waals surface area (Å²) in [5.74, 6) is -0.119. The first-order valence-electron chi connectivity index (χ1n) is 8.91. The number of halogens is 1. The lowest BCUT2D eigenvalue weighted by atomic mass is 10.1. The topological polar surface area (TPSA) is 61.0 Å². The van der Waals surface area contributed by atoms with Crippen molar-refractivity contribution < 1.29 is 4.79 Å². The van der Waals surface area contributed by atoms with Gasteiger partial charge < -0.3 is 5.32 Å². The van der Waals surface area contributed by atoms with E-state index in [4.69, 9.17) is 11.6 Å². The molecule has 134 valence electrons. The van der Waals surface area contributed by atoms with E-state index in [9.17, 15) is 4.79 Å². The van der Waals surface area contributed by atoms with Gasteiger partial charge in [0.15, 0.2) is 5.69 Å². The van der Waals surface area contributed by atoms with Crippen molar-refractivity contribution in [2.45, 2.75) is 39.2 Å².